The number of amides is 1. The lowest BCUT2D eigenvalue weighted by Gasteiger charge is -2.29. The number of aromatic nitrogens is 2. The second-order valence-electron chi connectivity index (χ2n) is 6.24. The average Bonchev–Trinajstić information content (AvgIpc) is 3.00. The second kappa shape index (κ2) is 7.07. The van der Waals surface area contributed by atoms with Crippen molar-refractivity contribution in [2.24, 2.45) is 5.92 Å². The first kappa shape index (κ1) is 16.0. The summed E-state index contributed by atoms with van der Waals surface area (Å²) < 4.78 is 5.18. The molecule has 1 fully saturated rings. The van der Waals surface area contributed by atoms with Crippen molar-refractivity contribution in [1.82, 2.24) is 15.1 Å². The monoisotopic (exact) mass is 293 g/mol. The van der Waals surface area contributed by atoms with E-state index < -0.39 is 0 Å². The summed E-state index contributed by atoms with van der Waals surface area (Å²) >= 11 is 0. The first-order valence-electron chi connectivity index (χ1n) is 7.81. The molecule has 0 aromatic carbocycles. The van der Waals surface area contributed by atoms with Gasteiger partial charge in [0.2, 0.25) is 5.91 Å². The SMILES string of the molecule is COCCN(C(=O)Cc1c(C)n[nH]c1C)[C@@H]1CC[C@H](C)C1. The Hall–Kier alpha value is -1.36. The van der Waals surface area contributed by atoms with Crippen LogP contribution < -0.4 is 0 Å². The van der Waals surface area contributed by atoms with E-state index in [1.807, 2.05) is 18.7 Å². The fraction of sp³-hybridized carbons (Fsp3) is 0.750. The van der Waals surface area contributed by atoms with Crippen molar-refractivity contribution in [1.29, 1.82) is 0 Å². The Kier molecular flexibility index (Phi) is 5.39. The average molecular weight is 293 g/mol. The predicted molar refractivity (Wildman–Crippen MR) is 82.2 cm³/mol. The smallest absolute Gasteiger partial charge is 0.227 e. The Morgan fingerprint density at radius 1 is 1.43 bits per heavy atom. The van der Waals surface area contributed by atoms with Gasteiger partial charge >= 0.3 is 0 Å². The number of carbonyl (C=O) groups excluding carboxylic acids is 1. The Morgan fingerprint density at radius 3 is 2.71 bits per heavy atom. The van der Waals surface area contributed by atoms with Crippen LogP contribution >= 0.6 is 0 Å². The highest BCUT2D eigenvalue weighted by atomic mass is 16.5. The lowest BCUT2D eigenvalue weighted by atomic mass is 10.1. The third-order valence-corrected chi connectivity index (χ3v) is 4.57. The van der Waals surface area contributed by atoms with E-state index in [4.69, 9.17) is 4.74 Å². The van der Waals surface area contributed by atoms with Crippen molar-refractivity contribution in [2.75, 3.05) is 20.3 Å². The van der Waals surface area contributed by atoms with Crippen molar-refractivity contribution in [2.45, 2.75) is 52.5 Å². The fourth-order valence-corrected chi connectivity index (χ4v) is 3.25. The molecule has 0 aliphatic heterocycles. The maximum absolute atomic E-state index is 12.7. The third kappa shape index (κ3) is 3.84. The molecule has 0 spiro atoms. The van der Waals surface area contributed by atoms with Crippen molar-refractivity contribution < 1.29 is 9.53 Å². The van der Waals surface area contributed by atoms with Crippen LogP contribution in [0.1, 0.15) is 43.1 Å². The molecule has 0 saturated heterocycles. The van der Waals surface area contributed by atoms with E-state index in [0.717, 1.165) is 29.8 Å². The van der Waals surface area contributed by atoms with Gasteiger partial charge in [-0.25, -0.2) is 0 Å². The van der Waals surface area contributed by atoms with Crippen molar-refractivity contribution in [3.8, 4) is 0 Å². The molecule has 1 amide bonds. The molecule has 0 bridgehead atoms. The van der Waals surface area contributed by atoms with Gasteiger partial charge in [-0.05, 0) is 39.0 Å². The largest absolute Gasteiger partial charge is 0.383 e. The maximum Gasteiger partial charge on any atom is 0.227 e. The van der Waals surface area contributed by atoms with Gasteiger partial charge in [0.15, 0.2) is 0 Å². The number of aryl methyl sites for hydroxylation is 2. The highest BCUT2D eigenvalue weighted by molar-refractivity contribution is 5.79. The Morgan fingerprint density at radius 2 is 2.19 bits per heavy atom. The molecule has 1 aromatic rings. The number of nitrogens with zero attached hydrogens (tertiary/aromatic N) is 2. The Bertz CT molecular complexity index is 464. The van der Waals surface area contributed by atoms with Crippen molar-refractivity contribution >= 4 is 5.91 Å². The van der Waals surface area contributed by atoms with E-state index in [2.05, 4.69) is 17.1 Å². The first-order chi connectivity index (χ1) is 10.0. The van der Waals surface area contributed by atoms with E-state index in [0.29, 0.717) is 31.5 Å². The Balaban J connectivity index is 2.07. The van der Waals surface area contributed by atoms with Crippen LogP contribution in [0.2, 0.25) is 0 Å². The normalized spacial score (nSPS) is 21.7. The summed E-state index contributed by atoms with van der Waals surface area (Å²) in [6, 6.07) is 0.371. The van der Waals surface area contributed by atoms with Gasteiger partial charge in [0.05, 0.1) is 18.7 Å². The number of methoxy groups -OCH3 is 1. The van der Waals surface area contributed by atoms with Gasteiger partial charge in [0.25, 0.3) is 0 Å². The van der Waals surface area contributed by atoms with Crippen LogP contribution in [0.15, 0.2) is 0 Å². The van der Waals surface area contributed by atoms with E-state index in [1.165, 1.54) is 6.42 Å². The number of rotatable bonds is 6. The summed E-state index contributed by atoms with van der Waals surface area (Å²) in [5, 5.41) is 7.14. The molecule has 1 heterocycles. The van der Waals surface area contributed by atoms with E-state index in [9.17, 15) is 4.79 Å². The molecular weight excluding hydrogens is 266 g/mol. The number of ether oxygens (including phenoxy) is 1. The molecule has 0 radical (unpaired) electrons. The van der Waals surface area contributed by atoms with Gasteiger partial charge < -0.3 is 9.64 Å². The topological polar surface area (TPSA) is 58.2 Å². The van der Waals surface area contributed by atoms with Crippen molar-refractivity contribution in [3.05, 3.63) is 17.0 Å². The van der Waals surface area contributed by atoms with Crippen LogP contribution in [0.3, 0.4) is 0 Å². The molecule has 0 unspecified atom stereocenters. The number of nitrogens with one attached hydrogen (secondary N) is 1. The van der Waals surface area contributed by atoms with Crippen LogP contribution in [-0.4, -0.2) is 47.3 Å². The third-order valence-electron chi connectivity index (χ3n) is 4.57. The molecule has 5 heteroatoms. The predicted octanol–water partition coefficient (Wildman–Crippen LogP) is 2.23. The summed E-state index contributed by atoms with van der Waals surface area (Å²) in [6.07, 6.45) is 3.87. The van der Waals surface area contributed by atoms with Gasteiger partial charge in [-0.1, -0.05) is 6.92 Å². The summed E-state index contributed by atoms with van der Waals surface area (Å²) in [4.78, 5) is 14.8. The minimum Gasteiger partial charge on any atom is -0.383 e. The quantitative estimate of drug-likeness (QED) is 0.875. The molecule has 5 nitrogen and oxygen atoms in total. The molecule has 1 N–H and O–H groups in total. The molecule has 2 atom stereocenters. The van der Waals surface area contributed by atoms with Crippen molar-refractivity contribution in [3.63, 3.8) is 0 Å². The number of H-pyrrole nitrogens is 1. The maximum atomic E-state index is 12.7. The zero-order valence-electron chi connectivity index (χ0n) is 13.6. The lowest BCUT2D eigenvalue weighted by molar-refractivity contribution is -0.133. The summed E-state index contributed by atoms with van der Waals surface area (Å²) in [6.45, 7) is 7.47. The number of aromatic amines is 1. The summed E-state index contributed by atoms with van der Waals surface area (Å²) in [7, 11) is 1.68. The number of carbonyl (C=O) groups is 1. The summed E-state index contributed by atoms with van der Waals surface area (Å²) in [5.74, 6) is 0.906. The van der Waals surface area contributed by atoms with E-state index >= 15 is 0 Å². The highest BCUT2D eigenvalue weighted by Gasteiger charge is 2.30. The molecule has 21 heavy (non-hydrogen) atoms. The molecule has 1 aromatic heterocycles. The van der Waals surface area contributed by atoms with Crippen LogP contribution in [0.4, 0.5) is 0 Å². The Labute approximate surface area is 127 Å². The zero-order chi connectivity index (χ0) is 15.4. The van der Waals surface area contributed by atoms with Crippen LogP contribution in [0.5, 0.6) is 0 Å². The van der Waals surface area contributed by atoms with E-state index in [1.54, 1.807) is 7.11 Å². The summed E-state index contributed by atoms with van der Waals surface area (Å²) in [5.41, 5.74) is 2.95. The van der Waals surface area contributed by atoms with Gasteiger partial charge in [0, 0.05) is 31.0 Å². The second-order valence-corrected chi connectivity index (χ2v) is 6.24. The first-order valence-corrected chi connectivity index (χ1v) is 7.81. The van der Waals surface area contributed by atoms with Gasteiger partial charge in [-0.2, -0.15) is 5.10 Å². The minimum absolute atomic E-state index is 0.193. The van der Waals surface area contributed by atoms with Crippen LogP contribution in [-0.2, 0) is 16.0 Å². The molecule has 1 aliphatic carbocycles. The fourth-order valence-electron chi connectivity index (χ4n) is 3.25. The highest BCUT2D eigenvalue weighted by Crippen LogP contribution is 2.29. The molecule has 1 saturated carbocycles. The van der Waals surface area contributed by atoms with Crippen LogP contribution in [0.25, 0.3) is 0 Å². The standard InChI is InChI=1S/C16H27N3O2/c1-11-5-6-14(9-11)19(7-8-21-4)16(20)10-15-12(2)17-18-13(15)3/h11,14H,5-10H2,1-4H3,(H,17,18)/t11-,14+/m0/s1. The van der Waals surface area contributed by atoms with Crippen LogP contribution in [0, 0.1) is 19.8 Å². The molecule has 118 valence electrons. The number of hydrogen-bond donors (Lipinski definition) is 1. The van der Waals surface area contributed by atoms with Gasteiger partial charge in [-0.15, -0.1) is 0 Å². The number of hydrogen-bond acceptors (Lipinski definition) is 3. The minimum atomic E-state index is 0.193. The van der Waals surface area contributed by atoms with Gasteiger partial charge in [-0.3, -0.25) is 9.89 Å². The molecule has 2 rings (SSSR count). The van der Waals surface area contributed by atoms with Gasteiger partial charge in [0.1, 0.15) is 0 Å². The van der Waals surface area contributed by atoms with E-state index in [-0.39, 0.29) is 5.91 Å². The lowest BCUT2D eigenvalue weighted by Crippen LogP contribution is -2.42. The molecule has 1 aliphatic rings. The molecular formula is C16H27N3O2. The zero-order valence-corrected chi connectivity index (χ0v) is 13.6.